The summed E-state index contributed by atoms with van der Waals surface area (Å²) in [6.45, 7) is 6.33. The quantitative estimate of drug-likeness (QED) is 0.555. The van der Waals surface area contributed by atoms with E-state index < -0.39 is 27.8 Å². The van der Waals surface area contributed by atoms with Crippen molar-refractivity contribution in [2.75, 3.05) is 0 Å². The summed E-state index contributed by atoms with van der Waals surface area (Å²) in [6.07, 6.45) is 1.56. The van der Waals surface area contributed by atoms with Gasteiger partial charge in [-0.2, -0.15) is 5.26 Å². The number of halogens is 2. The van der Waals surface area contributed by atoms with E-state index in [1.165, 1.54) is 19.9 Å². The van der Waals surface area contributed by atoms with Crippen LogP contribution in [0.3, 0.4) is 0 Å². The molecule has 0 fully saturated rings. The number of hydrogen-bond donors (Lipinski definition) is 2. The van der Waals surface area contributed by atoms with E-state index in [0.29, 0.717) is 23.1 Å². The van der Waals surface area contributed by atoms with Gasteiger partial charge in [-0.1, -0.05) is 0 Å². The molecule has 0 radical (unpaired) electrons. The fourth-order valence-corrected chi connectivity index (χ4v) is 3.70. The molecule has 0 aliphatic rings. The molecule has 0 saturated heterocycles. The van der Waals surface area contributed by atoms with Gasteiger partial charge < -0.3 is 10.1 Å². The maximum Gasteiger partial charge on any atom is 0.319 e. The lowest BCUT2D eigenvalue weighted by Crippen LogP contribution is -2.27. The van der Waals surface area contributed by atoms with Gasteiger partial charge >= 0.3 is 5.97 Å². The number of aromatic amines is 1. The Labute approximate surface area is 170 Å². The minimum atomic E-state index is -1.40. The Kier molecular flexibility index (Phi) is 5.13. The van der Waals surface area contributed by atoms with Gasteiger partial charge in [-0.15, -0.1) is 11.8 Å². The van der Waals surface area contributed by atoms with Crippen molar-refractivity contribution in [1.82, 2.24) is 9.97 Å². The predicted octanol–water partition coefficient (Wildman–Crippen LogP) is 5.26. The summed E-state index contributed by atoms with van der Waals surface area (Å²) in [6, 6.07) is 8.33. The van der Waals surface area contributed by atoms with Crippen molar-refractivity contribution in [2.24, 2.45) is 0 Å². The number of rotatable bonds is 5. The smallest absolute Gasteiger partial charge is 0.319 e. The first-order valence-electron chi connectivity index (χ1n) is 8.77. The monoisotopic (exact) mass is 415 g/mol. The van der Waals surface area contributed by atoms with Crippen molar-refractivity contribution in [3.63, 3.8) is 0 Å². The van der Waals surface area contributed by atoms with E-state index in [9.17, 15) is 19.6 Å². The number of aliphatic carboxylic acids is 1. The Hall–Kier alpha value is -2.92. The highest BCUT2D eigenvalue weighted by molar-refractivity contribution is 8.01. The highest BCUT2D eigenvalue weighted by Crippen LogP contribution is 2.39. The van der Waals surface area contributed by atoms with Crippen LogP contribution in [-0.4, -0.2) is 25.8 Å². The second-order valence-corrected chi connectivity index (χ2v) is 9.36. The third-order valence-electron chi connectivity index (χ3n) is 4.68. The molecule has 0 bridgehead atoms. The Balaban J connectivity index is 2.11. The summed E-state index contributed by atoms with van der Waals surface area (Å²) in [4.78, 5) is 18.2. The molecule has 5 nitrogen and oxygen atoms in total. The zero-order valence-electron chi connectivity index (χ0n) is 16.3. The van der Waals surface area contributed by atoms with Crippen LogP contribution in [0.5, 0.6) is 0 Å². The number of fused-ring (bicyclic) bond motifs is 1. The number of H-pyrrole nitrogens is 1. The Bertz CT molecular complexity index is 1160. The molecule has 0 aliphatic heterocycles. The number of benzene rings is 1. The molecule has 0 unspecified atom stereocenters. The van der Waals surface area contributed by atoms with Crippen LogP contribution in [0.2, 0.25) is 0 Å². The number of pyridine rings is 1. The molecule has 2 heterocycles. The molecular formula is C21H19F2N3O2S. The van der Waals surface area contributed by atoms with Gasteiger partial charge in [0.2, 0.25) is 0 Å². The number of nitrogens with one attached hydrogen (secondary N) is 1. The molecule has 29 heavy (non-hydrogen) atoms. The summed E-state index contributed by atoms with van der Waals surface area (Å²) in [7, 11) is 0. The van der Waals surface area contributed by atoms with Crippen LogP contribution < -0.4 is 0 Å². The van der Waals surface area contributed by atoms with Gasteiger partial charge in [0, 0.05) is 11.6 Å². The molecular weight excluding hydrogens is 396 g/mol. The van der Waals surface area contributed by atoms with Crippen LogP contribution in [0.1, 0.15) is 33.3 Å². The normalized spacial score (nSPS) is 12.2. The van der Waals surface area contributed by atoms with Gasteiger partial charge in [0.05, 0.1) is 33.3 Å². The summed E-state index contributed by atoms with van der Waals surface area (Å²) in [5, 5.41) is 18.7. The van der Waals surface area contributed by atoms with Crippen molar-refractivity contribution >= 4 is 28.6 Å². The van der Waals surface area contributed by atoms with Crippen LogP contribution in [-0.2, 0) is 10.2 Å². The molecule has 2 aromatic heterocycles. The van der Waals surface area contributed by atoms with Gasteiger partial charge in [-0.05, 0) is 57.5 Å². The zero-order chi connectivity index (χ0) is 21.6. The minimum absolute atomic E-state index is 0.136. The summed E-state index contributed by atoms with van der Waals surface area (Å²) in [5.41, 5.74) is 1.21. The molecule has 0 saturated carbocycles. The molecule has 3 aromatic rings. The molecule has 150 valence electrons. The van der Waals surface area contributed by atoms with E-state index in [1.807, 2.05) is 0 Å². The number of aromatic nitrogens is 2. The first-order chi connectivity index (χ1) is 13.5. The fraction of sp³-hybridized carbons (Fsp3) is 0.286. The molecule has 2 N–H and O–H groups in total. The van der Waals surface area contributed by atoms with E-state index >= 15 is 4.39 Å². The van der Waals surface area contributed by atoms with Gasteiger partial charge in [0.1, 0.15) is 16.4 Å². The number of nitrogens with zero attached hydrogens (tertiary/aromatic N) is 2. The number of nitriles is 1. The van der Waals surface area contributed by atoms with E-state index in [-0.39, 0.29) is 15.8 Å². The average Bonchev–Trinajstić information content (AvgIpc) is 3.09. The number of hydrogen-bond acceptors (Lipinski definition) is 4. The molecule has 8 heteroatoms. The SMILES string of the molecule is CC(C)(Sc1c(F)cc2[nH]c(-c3cc(C(C)(C)C#N)ccn3)cc2c1F)C(=O)O. The van der Waals surface area contributed by atoms with Gasteiger partial charge in [-0.3, -0.25) is 9.78 Å². The van der Waals surface area contributed by atoms with Crippen molar-refractivity contribution in [3.05, 3.63) is 47.7 Å². The topological polar surface area (TPSA) is 89.8 Å². The average molecular weight is 415 g/mol. The van der Waals surface area contributed by atoms with Crippen molar-refractivity contribution in [3.8, 4) is 17.5 Å². The van der Waals surface area contributed by atoms with Crippen LogP contribution in [0.4, 0.5) is 8.78 Å². The number of carboxylic acid groups (broad SMARTS) is 1. The lowest BCUT2D eigenvalue weighted by molar-refractivity contribution is -0.138. The third kappa shape index (κ3) is 3.83. The zero-order valence-corrected chi connectivity index (χ0v) is 17.1. The van der Waals surface area contributed by atoms with Crippen LogP contribution in [0.25, 0.3) is 22.3 Å². The van der Waals surface area contributed by atoms with Crippen LogP contribution in [0.15, 0.2) is 35.4 Å². The second kappa shape index (κ2) is 7.16. The maximum atomic E-state index is 15.0. The molecule has 0 atom stereocenters. The molecule has 0 amide bonds. The van der Waals surface area contributed by atoms with Gasteiger partial charge in [0.25, 0.3) is 0 Å². The van der Waals surface area contributed by atoms with Crippen molar-refractivity contribution < 1.29 is 18.7 Å². The van der Waals surface area contributed by atoms with Crippen LogP contribution >= 0.6 is 11.8 Å². The highest BCUT2D eigenvalue weighted by atomic mass is 32.2. The largest absolute Gasteiger partial charge is 0.480 e. The first-order valence-corrected chi connectivity index (χ1v) is 9.59. The molecule has 3 rings (SSSR count). The van der Waals surface area contributed by atoms with E-state index in [4.69, 9.17) is 0 Å². The maximum absolute atomic E-state index is 15.0. The minimum Gasteiger partial charge on any atom is -0.480 e. The summed E-state index contributed by atoms with van der Waals surface area (Å²) >= 11 is 0.621. The van der Waals surface area contributed by atoms with E-state index in [1.54, 1.807) is 32.2 Å². The number of thioether (sulfide) groups is 1. The standard InChI is InChI=1S/C21H19F2N3O2S/c1-20(2,10-24)11-5-6-25-15(7-11)16-8-12-14(26-16)9-13(22)18(17(12)23)29-21(3,4)19(27)28/h5-9,26H,1-4H3,(H,27,28). The fourth-order valence-electron chi connectivity index (χ4n) is 2.75. The highest BCUT2D eigenvalue weighted by Gasteiger charge is 2.32. The Morgan fingerprint density at radius 2 is 1.93 bits per heavy atom. The summed E-state index contributed by atoms with van der Waals surface area (Å²) in [5.74, 6) is -2.83. The lowest BCUT2D eigenvalue weighted by Gasteiger charge is -2.19. The Morgan fingerprint density at radius 3 is 2.55 bits per heavy atom. The van der Waals surface area contributed by atoms with E-state index in [2.05, 4.69) is 16.0 Å². The number of carboxylic acids is 1. The van der Waals surface area contributed by atoms with Gasteiger partial charge in [0.15, 0.2) is 0 Å². The van der Waals surface area contributed by atoms with Crippen molar-refractivity contribution in [2.45, 2.75) is 42.8 Å². The third-order valence-corrected chi connectivity index (χ3v) is 5.94. The van der Waals surface area contributed by atoms with E-state index in [0.717, 1.165) is 11.6 Å². The van der Waals surface area contributed by atoms with Gasteiger partial charge in [-0.25, -0.2) is 8.78 Å². The molecule has 0 aliphatic carbocycles. The van der Waals surface area contributed by atoms with Crippen molar-refractivity contribution in [1.29, 1.82) is 5.26 Å². The molecule has 1 aromatic carbocycles. The Morgan fingerprint density at radius 1 is 1.24 bits per heavy atom. The lowest BCUT2D eigenvalue weighted by atomic mass is 9.86. The van der Waals surface area contributed by atoms with Crippen LogP contribution in [0, 0.1) is 23.0 Å². The molecule has 0 spiro atoms. The number of carbonyl (C=O) groups is 1. The second-order valence-electron chi connectivity index (χ2n) is 7.73. The summed E-state index contributed by atoms with van der Waals surface area (Å²) < 4.78 is 28.2. The first kappa shape index (κ1) is 20.8. The predicted molar refractivity (Wildman–Crippen MR) is 108 cm³/mol.